The fourth-order valence-corrected chi connectivity index (χ4v) is 2.67. The summed E-state index contributed by atoms with van der Waals surface area (Å²) in [6, 6.07) is 14.5. The van der Waals surface area contributed by atoms with E-state index in [1.807, 2.05) is 36.4 Å². The van der Waals surface area contributed by atoms with Crippen molar-refractivity contribution in [2.45, 2.75) is 32.7 Å². The van der Waals surface area contributed by atoms with E-state index in [0.717, 1.165) is 30.6 Å². The zero-order valence-corrected chi connectivity index (χ0v) is 15.9. The van der Waals surface area contributed by atoms with Gasteiger partial charge in [-0.05, 0) is 55.0 Å². The molecule has 7 nitrogen and oxygen atoms in total. The number of amides is 1. The number of benzene rings is 2. The van der Waals surface area contributed by atoms with Crippen LogP contribution >= 0.6 is 0 Å². The van der Waals surface area contributed by atoms with Gasteiger partial charge in [0.05, 0.1) is 13.2 Å². The zero-order chi connectivity index (χ0) is 19.8. The summed E-state index contributed by atoms with van der Waals surface area (Å²) >= 11 is 0. The standard InChI is InChI=1S/C21H25N5O2/c1-2-3-4-13-28-18-11-7-16(8-12-18)21(27)23-17-9-5-15(6-10-17)20-24-19(14-22)25-26-20/h5-12H,2-4,13-14,22H2,1H3,(H,23,27)(H,24,25,26). The molecule has 0 fully saturated rings. The third kappa shape index (κ3) is 5.17. The lowest BCUT2D eigenvalue weighted by atomic mass is 10.1. The van der Waals surface area contributed by atoms with Gasteiger partial charge in [-0.3, -0.25) is 9.89 Å². The first-order chi connectivity index (χ1) is 13.7. The second kappa shape index (κ2) is 9.66. The highest BCUT2D eigenvalue weighted by Gasteiger charge is 2.08. The van der Waals surface area contributed by atoms with Crippen LogP contribution in [0.15, 0.2) is 48.5 Å². The van der Waals surface area contributed by atoms with Crippen LogP contribution in [0.25, 0.3) is 11.4 Å². The molecule has 0 radical (unpaired) electrons. The van der Waals surface area contributed by atoms with E-state index in [2.05, 4.69) is 27.4 Å². The Kier molecular flexibility index (Phi) is 6.75. The minimum absolute atomic E-state index is 0.173. The lowest BCUT2D eigenvalue weighted by molar-refractivity contribution is 0.102. The van der Waals surface area contributed by atoms with E-state index in [9.17, 15) is 4.79 Å². The minimum atomic E-state index is -0.173. The van der Waals surface area contributed by atoms with Gasteiger partial charge in [0.15, 0.2) is 5.82 Å². The molecule has 0 aliphatic rings. The summed E-state index contributed by atoms with van der Waals surface area (Å²) in [5.41, 5.74) is 7.65. The number of nitrogens with zero attached hydrogens (tertiary/aromatic N) is 2. The third-order valence-corrected chi connectivity index (χ3v) is 4.26. The summed E-state index contributed by atoms with van der Waals surface area (Å²) in [5, 5.41) is 9.78. The van der Waals surface area contributed by atoms with Crippen molar-refractivity contribution in [3.8, 4) is 17.1 Å². The predicted octanol–water partition coefficient (Wildman–Crippen LogP) is 3.75. The number of carbonyl (C=O) groups excluding carboxylic acids is 1. The summed E-state index contributed by atoms with van der Waals surface area (Å²) in [6.07, 6.45) is 3.36. The van der Waals surface area contributed by atoms with E-state index < -0.39 is 0 Å². The number of aromatic nitrogens is 3. The van der Waals surface area contributed by atoms with Crippen molar-refractivity contribution in [3.05, 3.63) is 59.9 Å². The zero-order valence-electron chi connectivity index (χ0n) is 15.9. The molecular weight excluding hydrogens is 354 g/mol. The Bertz CT molecular complexity index is 888. The van der Waals surface area contributed by atoms with Crippen molar-refractivity contribution in [1.82, 2.24) is 15.2 Å². The molecule has 3 rings (SSSR count). The van der Waals surface area contributed by atoms with Crippen molar-refractivity contribution in [2.75, 3.05) is 11.9 Å². The average Bonchev–Trinajstić information content (AvgIpc) is 3.21. The summed E-state index contributed by atoms with van der Waals surface area (Å²) in [5.74, 6) is 1.81. The molecule has 7 heteroatoms. The number of rotatable bonds is 9. The van der Waals surface area contributed by atoms with Crippen molar-refractivity contribution in [3.63, 3.8) is 0 Å². The van der Waals surface area contributed by atoms with E-state index in [4.69, 9.17) is 10.5 Å². The summed E-state index contributed by atoms with van der Waals surface area (Å²) in [7, 11) is 0. The molecule has 0 bridgehead atoms. The number of ether oxygens (including phenoxy) is 1. The Hall–Kier alpha value is -3.19. The van der Waals surface area contributed by atoms with E-state index in [1.54, 1.807) is 12.1 Å². The molecule has 0 saturated heterocycles. The fourth-order valence-electron chi connectivity index (χ4n) is 2.67. The molecule has 0 saturated carbocycles. The van der Waals surface area contributed by atoms with E-state index >= 15 is 0 Å². The molecular formula is C21H25N5O2. The molecule has 0 aliphatic carbocycles. The monoisotopic (exact) mass is 379 g/mol. The smallest absolute Gasteiger partial charge is 0.255 e. The summed E-state index contributed by atoms with van der Waals surface area (Å²) in [4.78, 5) is 16.7. The molecule has 3 aromatic rings. The molecule has 4 N–H and O–H groups in total. The van der Waals surface area contributed by atoms with Gasteiger partial charge < -0.3 is 15.8 Å². The quantitative estimate of drug-likeness (QED) is 0.491. The number of nitrogens with two attached hydrogens (primary N) is 1. The lowest BCUT2D eigenvalue weighted by Gasteiger charge is -2.08. The number of carbonyl (C=O) groups is 1. The van der Waals surface area contributed by atoms with Crippen LogP contribution in [-0.2, 0) is 6.54 Å². The number of nitrogens with one attached hydrogen (secondary N) is 2. The van der Waals surface area contributed by atoms with Crippen molar-refractivity contribution < 1.29 is 9.53 Å². The van der Waals surface area contributed by atoms with Crippen LogP contribution in [0.2, 0.25) is 0 Å². The first-order valence-electron chi connectivity index (χ1n) is 9.45. The van der Waals surface area contributed by atoms with Crippen LogP contribution in [0.1, 0.15) is 42.4 Å². The van der Waals surface area contributed by atoms with Crippen LogP contribution < -0.4 is 15.8 Å². The number of hydrogen-bond donors (Lipinski definition) is 3. The number of H-pyrrole nitrogens is 1. The topological polar surface area (TPSA) is 106 Å². The van der Waals surface area contributed by atoms with Gasteiger partial charge in [0.2, 0.25) is 0 Å². The van der Waals surface area contributed by atoms with Crippen LogP contribution in [0.4, 0.5) is 5.69 Å². The van der Waals surface area contributed by atoms with Crippen molar-refractivity contribution >= 4 is 11.6 Å². The maximum atomic E-state index is 12.4. The number of aromatic amines is 1. The second-order valence-electron chi connectivity index (χ2n) is 6.42. The average molecular weight is 379 g/mol. The largest absolute Gasteiger partial charge is 0.494 e. The number of unbranched alkanes of at least 4 members (excludes halogenated alkanes) is 2. The van der Waals surface area contributed by atoms with E-state index in [1.165, 1.54) is 0 Å². The highest BCUT2D eigenvalue weighted by Crippen LogP contribution is 2.19. The van der Waals surface area contributed by atoms with Crippen molar-refractivity contribution in [1.29, 1.82) is 0 Å². The van der Waals surface area contributed by atoms with Gasteiger partial charge in [-0.25, -0.2) is 4.98 Å². The fraction of sp³-hybridized carbons (Fsp3) is 0.286. The first kappa shape index (κ1) is 19.6. The summed E-state index contributed by atoms with van der Waals surface area (Å²) in [6.45, 7) is 3.17. The van der Waals surface area contributed by atoms with E-state index in [0.29, 0.717) is 36.1 Å². The van der Waals surface area contributed by atoms with Gasteiger partial charge in [-0.2, -0.15) is 5.10 Å². The lowest BCUT2D eigenvalue weighted by Crippen LogP contribution is -2.11. The van der Waals surface area contributed by atoms with Gasteiger partial charge in [0.1, 0.15) is 11.6 Å². The molecule has 0 spiro atoms. The Morgan fingerprint density at radius 1 is 1.11 bits per heavy atom. The second-order valence-corrected chi connectivity index (χ2v) is 6.42. The van der Waals surface area contributed by atoms with Crippen LogP contribution in [0.3, 0.4) is 0 Å². The molecule has 2 aromatic carbocycles. The van der Waals surface area contributed by atoms with Crippen molar-refractivity contribution in [2.24, 2.45) is 5.73 Å². The highest BCUT2D eigenvalue weighted by atomic mass is 16.5. The number of anilines is 1. The normalized spacial score (nSPS) is 10.6. The maximum Gasteiger partial charge on any atom is 0.255 e. The van der Waals surface area contributed by atoms with Gasteiger partial charge in [0.25, 0.3) is 5.91 Å². The molecule has 0 unspecified atom stereocenters. The van der Waals surface area contributed by atoms with Gasteiger partial charge >= 0.3 is 0 Å². The molecule has 1 aromatic heterocycles. The molecule has 28 heavy (non-hydrogen) atoms. The van der Waals surface area contributed by atoms with E-state index in [-0.39, 0.29) is 5.91 Å². The Balaban J connectivity index is 1.56. The summed E-state index contributed by atoms with van der Waals surface area (Å²) < 4.78 is 5.67. The Labute approximate surface area is 164 Å². The Morgan fingerprint density at radius 3 is 2.50 bits per heavy atom. The van der Waals surface area contributed by atoms with Gasteiger partial charge in [-0.1, -0.05) is 19.8 Å². The van der Waals surface area contributed by atoms with Crippen LogP contribution in [-0.4, -0.2) is 27.7 Å². The molecule has 1 amide bonds. The highest BCUT2D eigenvalue weighted by molar-refractivity contribution is 6.04. The molecule has 0 aliphatic heterocycles. The molecule has 146 valence electrons. The molecule has 0 atom stereocenters. The molecule has 1 heterocycles. The van der Waals surface area contributed by atoms with Crippen LogP contribution in [0.5, 0.6) is 5.75 Å². The van der Waals surface area contributed by atoms with Gasteiger partial charge in [-0.15, -0.1) is 0 Å². The van der Waals surface area contributed by atoms with Crippen LogP contribution in [0, 0.1) is 0 Å². The predicted molar refractivity (Wildman–Crippen MR) is 109 cm³/mol. The maximum absolute atomic E-state index is 12.4. The SMILES string of the molecule is CCCCCOc1ccc(C(=O)Nc2ccc(-c3n[nH]c(CN)n3)cc2)cc1. The number of hydrogen-bond acceptors (Lipinski definition) is 5. The third-order valence-electron chi connectivity index (χ3n) is 4.26. The van der Waals surface area contributed by atoms with Gasteiger partial charge in [0, 0.05) is 16.8 Å². The minimum Gasteiger partial charge on any atom is -0.494 e. The Morgan fingerprint density at radius 2 is 1.86 bits per heavy atom. The first-order valence-corrected chi connectivity index (χ1v) is 9.45.